The zero-order valence-corrected chi connectivity index (χ0v) is 13.0. The number of hydrogen-bond acceptors (Lipinski definition) is 5. The molecule has 0 aliphatic carbocycles. The molecule has 6 heteroatoms. The predicted molar refractivity (Wildman–Crippen MR) is 85.8 cm³/mol. The first-order chi connectivity index (χ1) is 11.6. The van der Waals surface area contributed by atoms with E-state index in [1.165, 1.54) is 12.1 Å². The molecule has 0 unspecified atom stereocenters. The normalized spacial score (nSPS) is 15.5. The lowest BCUT2D eigenvalue weighted by Crippen LogP contribution is -2.32. The fourth-order valence-corrected chi connectivity index (χ4v) is 3.05. The Kier molecular flexibility index (Phi) is 3.13. The van der Waals surface area contributed by atoms with Crippen LogP contribution in [-0.4, -0.2) is 36.4 Å². The number of carbonyl (C=O) groups is 3. The van der Waals surface area contributed by atoms with Crippen molar-refractivity contribution in [2.24, 2.45) is 0 Å². The summed E-state index contributed by atoms with van der Waals surface area (Å²) < 4.78 is 0. The number of hydroxylamine groups is 2. The minimum atomic E-state index is -0.729. The Balaban J connectivity index is 1.59. The summed E-state index contributed by atoms with van der Waals surface area (Å²) in [5.74, 6) is -1.97. The smallest absolute Gasteiger partial charge is 0.364 e. The Morgan fingerprint density at radius 3 is 2.38 bits per heavy atom. The third kappa shape index (κ3) is 2.07. The number of rotatable bonds is 2. The Labute approximate surface area is 138 Å². The quantitative estimate of drug-likeness (QED) is 0.792. The van der Waals surface area contributed by atoms with E-state index in [4.69, 9.17) is 4.84 Å². The molecule has 0 fully saturated rings. The van der Waals surface area contributed by atoms with Gasteiger partial charge in [0.25, 0.3) is 11.8 Å². The van der Waals surface area contributed by atoms with Crippen molar-refractivity contribution >= 4 is 23.5 Å². The van der Waals surface area contributed by atoms with E-state index in [2.05, 4.69) is 0 Å². The highest BCUT2D eigenvalue weighted by Crippen LogP contribution is 2.28. The maximum atomic E-state index is 12.4. The fraction of sp³-hybridized carbons (Fsp3) is 0.167. The Hall–Kier alpha value is -3.15. The highest BCUT2D eigenvalue weighted by atomic mass is 16.7. The van der Waals surface area contributed by atoms with Crippen LogP contribution >= 0.6 is 0 Å². The number of nitrogens with zero attached hydrogens (tertiary/aromatic N) is 2. The molecule has 0 spiro atoms. The maximum absolute atomic E-state index is 12.4. The second-order valence-electron chi connectivity index (χ2n) is 5.84. The molecular formula is C18H14N2O4. The van der Waals surface area contributed by atoms with Crippen LogP contribution in [0.15, 0.2) is 42.5 Å². The van der Waals surface area contributed by atoms with Crippen molar-refractivity contribution in [3.8, 4) is 0 Å². The van der Waals surface area contributed by atoms with E-state index in [-0.39, 0.29) is 11.1 Å². The molecule has 0 saturated heterocycles. The molecule has 120 valence electrons. The van der Waals surface area contributed by atoms with Gasteiger partial charge in [0.05, 0.1) is 16.7 Å². The lowest BCUT2D eigenvalue weighted by Gasteiger charge is -2.15. The molecule has 4 rings (SSSR count). The third-order valence-corrected chi connectivity index (χ3v) is 4.38. The molecule has 2 aromatic rings. The first-order valence-corrected chi connectivity index (χ1v) is 7.60. The first-order valence-electron chi connectivity index (χ1n) is 7.60. The first kappa shape index (κ1) is 14.4. The number of hydrogen-bond donors (Lipinski definition) is 0. The second-order valence-corrected chi connectivity index (χ2v) is 5.84. The van der Waals surface area contributed by atoms with Gasteiger partial charge in [0.15, 0.2) is 0 Å². The minimum absolute atomic E-state index is 0.240. The average Bonchev–Trinajstić information content (AvgIpc) is 3.08. The molecule has 6 nitrogen and oxygen atoms in total. The van der Waals surface area contributed by atoms with Gasteiger partial charge in [-0.25, -0.2) is 4.79 Å². The highest BCUT2D eigenvalue weighted by Gasteiger charge is 2.38. The fourth-order valence-electron chi connectivity index (χ4n) is 3.05. The zero-order chi connectivity index (χ0) is 16.8. The van der Waals surface area contributed by atoms with Crippen LogP contribution in [0, 0.1) is 0 Å². The van der Waals surface area contributed by atoms with Crippen molar-refractivity contribution in [1.29, 1.82) is 0 Å². The molecule has 2 aliphatic heterocycles. The monoisotopic (exact) mass is 322 g/mol. The molecule has 0 atom stereocenters. The average molecular weight is 322 g/mol. The standard InChI is InChI=1S/C18H14N2O4/c1-19-9-8-11-6-7-12(10-15(11)19)18(23)24-20-16(21)13-4-2-3-5-14(13)17(20)22/h2-7,10H,8-9H2,1H3. The number of likely N-dealkylation sites (N-methyl/N-ethyl adjacent to an activating group) is 1. The van der Waals surface area contributed by atoms with E-state index in [0.29, 0.717) is 10.6 Å². The van der Waals surface area contributed by atoms with Crippen LogP contribution in [0.3, 0.4) is 0 Å². The minimum Gasteiger partial charge on any atom is -0.374 e. The van der Waals surface area contributed by atoms with Crippen molar-refractivity contribution in [1.82, 2.24) is 5.06 Å². The summed E-state index contributed by atoms with van der Waals surface area (Å²) in [6.07, 6.45) is 0.930. The molecule has 2 aliphatic rings. The van der Waals surface area contributed by atoms with Gasteiger partial charge in [0.2, 0.25) is 0 Å². The topological polar surface area (TPSA) is 66.9 Å². The largest absolute Gasteiger partial charge is 0.374 e. The summed E-state index contributed by atoms with van der Waals surface area (Å²) >= 11 is 0. The SMILES string of the molecule is CN1CCc2ccc(C(=O)ON3C(=O)c4ccccc4C3=O)cc21. The molecule has 0 radical (unpaired) electrons. The van der Waals surface area contributed by atoms with Gasteiger partial charge in [0, 0.05) is 19.3 Å². The highest BCUT2D eigenvalue weighted by molar-refractivity contribution is 6.21. The summed E-state index contributed by atoms with van der Waals surface area (Å²) in [5.41, 5.74) is 2.91. The Bertz CT molecular complexity index is 855. The van der Waals surface area contributed by atoms with Crippen LogP contribution in [0.1, 0.15) is 36.6 Å². The number of amides is 2. The van der Waals surface area contributed by atoms with E-state index in [9.17, 15) is 14.4 Å². The van der Waals surface area contributed by atoms with Gasteiger partial charge in [-0.1, -0.05) is 23.3 Å². The van der Waals surface area contributed by atoms with Crippen molar-refractivity contribution < 1.29 is 19.2 Å². The molecule has 2 aromatic carbocycles. The van der Waals surface area contributed by atoms with Crippen molar-refractivity contribution in [2.45, 2.75) is 6.42 Å². The molecule has 24 heavy (non-hydrogen) atoms. The molecule has 2 amide bonds. The summed E-state index contributed by atoms with van der Waals surface area (Å²) in [4.78, 5) is 44.0. The Morgan fingerprint density at radius 2 is 1.71 bits per heavy atom. The van der Waals surface area contributed by atoms with Crippen molar-refractivity contribution in [2.75, 3.05) is 18.5 Å². The van der Waals surface area contributed by atoms with Gasteiger partial charge in [0.1, 0.15) is 0 Å². The van der Waals surface area contributed by atoms with Crippen LogP contribution in [0.5, 0.6) is 0 Å². The van der Waals surface area contributed by atoms with Crippen molar-refractivity contribution in [3.05, 3.63) is 64.7 Å². The predicted octanol–water partition coefficient (Wildman–Crippen LogP) is 2.05. The van der Waals surface area contributed by atoms with Crippen LogP contribution < -0.4 is 4.90 Å². The van der Waals surface area contributed by atoms with Crippen LogP contribution in [-0.2, 0) is 11.3 Å². The molecular weight excluding hydrogens is 308 g/mol. The number of imide groups is 1. The zero-order valence-electron chi connectivity index (χ0n) is 13.0. The van der Waals surface area contributed by atoms with Gasteiger partial charge in [-0.2, -0.15) is 0 Å². The van der Waals surface area contributed by atoms with Crippen LogP contribution in [0.4, 0.5) is 5.69 Å². The number of fused-ring (bicyclic) bond motifs is 2. The molecule has 0 N–H and O–H groups in total. The number of anilines is 1. The van der Waals surface area contributed by atoms with E-state index in [1.807, 2.05) is 18.0 Å². The molecule has 0 bridgehead atoms. The molecule has 2 heterocycles. The van der Waals surface area contributed by atoms with Gasteiger partial charge >= 0.3 is 5.97 Å². The lowest BCUT2D eigenvalue weighted by molar-refractivity contribution is -0.0584. The van der Waals surface area contributed by atoms with Gasteiger partial charge < -0.3 is 9.74 Å². The Morgan fingerprint density at radius 1 is 1.04 bits per heavy atom. The van der Waals surface area contributed by atoms with Crippen LogP contribution in [0.25, 0.3) is 0 Å². The molecule has 0 aromatic heterocycles. The summed E-state index contributed by atoms with van der Waals surface area (Å²) in [7, 11) is 1.95. The van der Waals surface area contributed by atoms with Gasteiger partial charge in [-0.3, -0.25) is 9.59 Å². The van der Waals surface area contributed by atoms with Gasteiger partial charge in [-0.05, 0) is 36.2 Å². The lowest BCUT2D eigenvalue weighted by atomic mass is 10.1. The van der Waals surface area contributed by atoms with Crippen molar-refractivity contribution in [3.63, 3.8) is 0 Å². The number of carbonyl (C=O) groups excluding carboxylic acids is 3. The van der Waals surface area contributed by atoms with E-state index < -0.39 is 17.8 Å². The third-order valence-electron chi connectivity index (χ3n) is 4.38. The summed E-state index contributed by atoms with van der Waals surface area (Å²) in [6, 6.07) is 11.6. The van der Waals surface area contributed by atoms with Gasteiger partial charge in [-0.15, -0.1) is 0 Å². The molecule has 0 saturated carbocycles. The van der Waals surface area contributed by atoms with E-state index in [0.717, 1.165) is 24.2 Å². The summed E-state index contributed by atoms with van der Waals surface area (Å²) in [5, 5.41) is 0.532. The van der Waals surface area contributed by atoms with E-state index >= 15 is 0 Å². The summed E-state index contributed by atoms with van der Waals surface area (Å²) in [6.45, 7) is 0.895. The maximum Gasteiger partial charge on any atom is 0.364 e. The van der Waals surface area contributed by atoms with Crippen LogP contribution in [0.2, 0.25) is 0 Å². The number of benzene rings is 2. The second kappa shape index (κ2) is 5.19. The van der Waals surface area contributed by atoms with E-state index in [1.54, 1.807) is 24.3 Å².